The Bertz CT molecular complexity index is 708. The first-order chi connectivity index (χ1) is 13.3. The lowest BCUT2D eigenvalue weighted by molar-refractivity contribution is -0.140. The molecule has 0 unspecified atom stereocenters. The van der Waals surface area contributed by atoms with Crippen LogP contribution in [0.5, 0.6) is 0 Å². The molecule has 3 rings (SSSR count). The van der Waals surface area contributed by atoms with Crippen molar-refractivity contribution in [3.05, 3.63) is 35.4 Å². The number of benzene rings is 1. The standard InChI is InChI=1S/C22H31N3O3/c1-22(2,3)19-6-4-17(5-7-19)20(27)24-10-8-18(9-11-24)21(28)25-14-12-23(16-26)13-15-25/h4-7,16,18H,8-15H2,1-3H3. The molecule has 0 spiro atoms. The van der Waals surface area contributed by atoms with Gasteiger partial charge in [-0.1, -0.05) is 32.9 Å². The van der Waals surface area contributed by atoms with Crippen molar-refractivity contribution in [1.29, 1.82) is 0 Å². The highest BCUT2D eigenvalue weighted by Crippen LogP contribution is 2.24. The topological polar surface area (TPSA) is 60.9 Å². The van der Waals surface area contributed by atoms with Crippen LogP contribution < -0.4 is 0 Å². The molecule has 0 aromatic heterocycles. The third-order valence-corrected chi connectivity index (χ3v) is 5.90. The highest BCUT2D eigenvalue weighted by Gasteiger charge is 2.31. The maximum absolute atomic E-state index is 12.8. The van der Waals surface area contributed by atoms with Crippen LogP contribution in [0.25, 0.3) is 0 Å². The molecular weight excluding hydrogens is 354 g/mol. The summed E-state index contributed by atoms with van der Waals surface area (Å²) in [6.45, 7) is 10.1. The molecule has 0 N–H and O–H groups in total. The number of amides is 3. The van der Waals surface area contributed by atoms with Crippen LogP contribution >= 0.6 is 0 Å². The Morgan fingerprint density at radius 2 is 1.46 bits per heavy atom. The smallest absolute Gasteiger partial charge is 0.253 e. The molecule has 2 aliphatic heterocycles. The van der Waals surface area contributed by atoms with Gasteiger partial charge in [-0.15, -0.1) is 0 Å². The van der Waals surface area contributed by atoms with E-state index >= 15 is 0 Å². The first kappa shape index (κ1) is 20.4. The van der Waals surface area contributed by atoms with Crippen molar-refractivity contribution in [2.24, 2.45) is 5.92 Å². The van der Waals surface area contributed by atoms with Gasteiger partial charge in [0.25, 0.3) is 5.91 Å². The number of nitrogens with zero attached hydrogens (tertiary/aromatic N) is 3. The lowest BCUT2D eigenvalue weighted by Crippen LogP contribution is -2.51. The molecule has 6 nitrogen and oxygen atoms in total. The molecule has 2 saturated heterocycles. The van der Waals surface area contributed by atoms with Crippen LogP contribution in [0.4, 0.5) is 0 Å². The molecule has 0 atom stereocenters. The number of hydrogen-bond donors (Lipinski definition) is 0. The molecule has 28 heavy (non-hydrogen) atoms. The van der Waals surface area contributed by atoms with Gasteiger partial charge in [0.15, 0.2) is 0 Å². The third kappa shape index (κ3) is 4.54. The minimum absolute atomic E-state index is 0.0184. The first-order valence-electron chi connectivity index (χ1n) is 10.2. The summed E-state index contributed by atoms with van der Waals surface area (Å²) in [5.74, 6) is 0.202. The molecule has 0 radical (unpaired) electrons. The normalized spacial score (nSPS) is 18.9. The van der Waals surface area contributed by atoms with E-state index in [0.29, 0.717) is 57.7 Å². The highest BCUT2D eigenvalue weighted by molar-refractivity contribution is 5.94. The molecule has 152 valence electrons. The quantitative estimate of drug-likeness (QED) is 0.749. The van der Waals surface area contributed by atoms with Gasteiger partial charge in [-0.05, 0) is 36.0 Å². The van der Waals surface area contributed by atoms with Gasteiger partial charge in [0.05, 0.1) is 0 Å². The highest BCUT2D eigenvalue weighted by atomic mass is 16.2. The van der Waals surface area contributed by atoms with Crippen LogP contribution in [0, 0.1) is 5.92 Å². The fraction of sp³-hybridized carbons (Fsp3) is 0.591. The lowest BCUT2D eigenvalue weighted by atomic mass is 9.86. The summed E-state index contributed by atoms with van der Waals surface area (Å²) in [5.41, 5.74) is 1.99. The van der Waals surface area contributed by atoms with Gasteiger partial charge in [0.1, 0.15) is 0 Å². The van der Waals surface area contributed by atoms with Crippen molar-refractivity contribution in [1.82, 2.24) is 14.7 Å². The predicted octanol–water partition coefficient (Wildman–Crippen LogP) is 2.14. The van der Waals surface area contributed by atoms with Crippen molar-refractivity contribution in [2.45, 2.75) is 39.0 Å². The number of carbonyl (C=O) groups excluding carboxylic acids is 3. The summed E-state index contributed by atoms with van der Waals surface area (Å²) in [4.78, 5) is 41.8. The van der Waals surface area contributed by atoms with E-state index in [-0.39, 0.29) is 23.1 Å². The average molecular weight is 386 g/mol. The Morgan fingerprint density at radius 3 is 1.96 bits per heavy atom. The van der Waals surface area contributed by atoms with E-state index in [0.717, 1.165) is 6.41 Å². The summed E-state index contributed by atoms with van der Waals surface area (Å²) in [5, 5.41) is 0. The van der Waals surface area contributed by atoms with Gasteiger partial charge in [-0.2, -0.15) is 0 Å². The maximum Gasteiger partial charge on any atom is 0.253 e. The Labute approximate surface area is 167 Å². The second kappa shape index (κ2) is 8.33. The van der Waals surface area contributed by atoms with E-state index in [4.69, 9.17) is 0 Å². The number of hydrogen-bond acceptors (Lipinski definition) is 3. The zero-order valence-corrected chi connectivity index (χ0v) is 17.2. The average Bonchev–Trinajstić information content (AvgIpc) is 2.72. The summed E-state index contributed by atoms with van der Waals surface area (Å²) < 4.78 is 0. The maximum atomic E-state index is 12.8. The van der Waals surface area contributed by atoms with Crippen molar-refractivity contribution in [3.8, 4) is 0 Å². The van der Waals surface area contributed by atoms with E-state index in [1.165, 1.54) is 5.56 Å². The second-order valence-corrected chi connectivity index (χ2v) is 8.86. The van der Waals surface area contributed by atoms with Crippen LogP contribution in [0.3, 0.4) is 0 Å². The molecule has 2 aliphatic rings. The van der Waals surface area contributed by atoms with E-state index in [9.17, 15) is 14.4 Å². The summed E-state index contributed by atoms with van der Waals surface area (Å²) in [6.07, 6.45) is 2.26. The van der Waals surface area contributed by atoms with Crippen LogP contribution in [0.15, 0.2) is 24.3 Å². The number of likely N-dealkylation sites (tertiary alicyclic amines) is 1. The van der Waals surface area contributed by atoms with Crippen LogP contribution in [-0.2, 0) is 15.0 Å². The number of piperidine rings is 1. The Kier molecular flexibility index (Phi) is 6.06. The fourth-order valence-corrected chi connectivity index (χ4v) is 3.93. The van der Waals surface area contributed by atoms with Crippen molar-refractivity contribution in [3.63, 3.8) is 0 Å². The minimum atomic E-state index is -0.0184. The van der Waals surface area contributed by atoms with Crippen LogP contribution in [0.2, 0.25) is 0 Å². The third-order valence-electron chi connectivity index (χ3n) is 5.90. The molecule has 0 bridgehead atoms. The van der Waals surface area contributed by atoms with Gasteiger partial charge in [0, 0.05) is 50.7 Å². The lowest BCUT2D eigenvalue weighted by Gasteiger charge is -2.37. The number of carbonyl (C=O) groups is 3. The number of piperazine rings is 1. The molecule has 6 heteroatoms. The molecule has 1 aromatic carbocycles. The molecule has 1 aromatic rings. The zero-order chi connectivity index (χ0) is 20.3. The second-order valence-electron chi connectivity index (χ2n) is 8.86. The summed E-state index contributed by atoms with van der Waals surface area (Å²) in [7, 11) is 0. The van der Waals surface area contributed by atoms with E-state index in [1.807, 2.05) is 34.1 Å². The van der Waals surface area contributed by atoms with Gasteiger partial charge < -0.3 is 14.7 Å². The predicted molar refractivity (Wildman–Crippen MR) is 108 cm³/mol. The van der Waals surface area contributed by atoms with Crippen molar-refractivity contribution >= 4 is 18.2 Å². The van der Waals surface area contributed by atoms with Gasteiger partial charge in [-0.3, -0.25) is 14.4 Å². The van der Waals surface area contributed by atoms with E-state index in [1.54, 1.807) is 4.90 Å². The molecule has 2 heterocycles. The SMILES string of the molecule is CC(C)(C)c1ccc(C(=O)N2CCC(C(=O)N3CCN(C=O)CC3)CC2)cc1. The minimum Gasteiger partial charge on any atom is -0.342 e. The van der Waals surface area contributed by atoms with E-state index in [2.05, 4.69) is 20.8 Å². The van der Waals surface area contributed by atoms with Crippen molar-refractivity contribution in [2.75, 3.05) is 39.3 Å². The first-order valence-corrected chi connectivity index (χ1v) is 10.2. The fourth-order valence-electron chi connectivity index (χ4n) is 3.93. The van der Waals surface area contributed by atoms with Gasteiger partial charge in [-0.25, -0.2) is 0 Å². The number of rotatable bonds is 3. The van der Waals surface area contributed by atoms with E-state index < -0.39 is 0 Å². The molecular formula is C22H31N3O3. The molecule has 2 fully saturated rings. The largest absolute Gasteiger partial charge is 0.342 e. The summed E-state index contributed by atoms with van der Waals surface area (Å²) >= 11 is 0. The van der Waals surface area contributed by atoms with Gasteiger partial charge in [0.2, 0.25) is 12.3 Å². The van der Waals surface area contributed by atoms with Gasteiger partial charge >= 0.3 is 0 Å². The molecule has 3 amide bonds. The molecule has 0 saturated carbocycles. The van der Waals surface area contributed by atoms with Crippen LogP contribution in [0.1, 0.15) is 49.5 Å². The Morgan fingerprint density at radius 1 is 0.893 bits per heavy atom. The molecule has 0 aliphatic carbocycles. The zero-order valence-electron chi connectivity index (χ0n) is 17.2. The Balaban J connectivity index is 1.52. The Hall–Kier alpha value is -2.37. The summed E-state index contributed by atoms with van der Waals surface area (Å²) in [6, 6.07) is 7.88. The monoisotopic (exact) mass is 385 g/mol. The van der Waals surface area contributed by atoms with Crippen molar-refractivity contribution < 1.29 is 14.4 Å². The van der Waals surface area contributed by atoms with Crippen LogP contribution in [-0.4, -0.2) is 72.2 Å².